The van der Waals surface area contributed by atoms with Crippen molar-refractivity contribution < 1.29 is 0 Å². The van der Waals surface area contributed by atoms with Crippen molar-refractivity contribution in [3.8, 4) is 66.8 Å². The van der Waals surface area contributed by atoms with Crippen molar-refractivity contribution in [2.75, 3.05) is 5.34 Å². The summed E-state index contributed by atoms with van der Waals surface area (Å²) in [5, 5.41) is 23.8. The Morgan fingerprint density at radius 1 is 0.189 bits per heavy atom. The average molecular weight is 1840 g/mol. The van der Waals surface area contributed by atoms with E-state index in [0.717, 1.165) is 198 Å². The van der Waals surface area contributed by atoms with Gasteiger partial charge in [0.2, 0.25) is 0 Å². The van der Waals surface area contributed by atoms with E-state index >= 15 is 0 Å². The van der Waals surface area contributed by atoms with E-state index in [1.165, 1.54) is 181 Å². The summed E-state index contributed by atoms with van der Waals surface area (Å²) >= 11 is 19.6. The van der Waals surface area contributed by atoms with Crippen molar-refractivity contribution in [1.82, 2.24) is 70.0 Å². The predicted octanol–water partition coefficient (Wildman–Crippen LogP) is 30.4. The van der Waals surface area contributed by atoms with Gasteiger partial charge in [-0.1, -0.05) is 132 Å². The number of aromatic nitrogens is 16. The number of fused-ring (bicyclic) bond motifs is 24. The van der Waals surface area contributed by atoms with Gasteiger partial charge in [0, 0.05) is 21.5 Å². The van der Waals surface area contributed by atoms with Crippen molar-refractivity contribution in [3.05, 3.63) is 216 Å². The molecule has 0 aliphatic carbocycles. The number of benzene rings is 18. The topological polar surface area (TPSA) is 206 Å². The summed E-state index contributed by atoms with van der Waals surface area (Å²) in [4.78, 5) is 0. The van der Waals surface area contributed by atoms with Crippen molar-refractivity contribution in [1.29, 1.82) is 0 Å². The molecule has 0 spiro atoms. The van der Waals surface area contributed by atoms with Crippen LogP contribution in [0.15, 0.2) is 194 Å². The lowest BCUT2D eigenvalue weighted by atomic mass is 9.77. The normalized spacial score (nSPS) is 12.8. The average Bonchev–Trinajstić information content (AvgIpc) is 1.59. The number of hydrogen-bond acceptors (Lipinski definition) is 24. The van der Waals surface area contributed by atoms with Gasteiger partial charge in [0.15, 0.2) is 0 Å². The summed E-state index contributed by atoms with van der Waals surface area (Å²) in [6.07, 6.45) is 0. The minimum atomic E-state index is -0.154. The summed E-state index contributed by atoms with van der Waals surface area (Å²) in [5.41, 5.74) is 32.2. The number of hydrogen-bond donors (Lipinski definition) is 0. The summed E-state index contributed by atoms with van der Waals surface area (Å²) in [5.74, 6) is 0. The van der Waals surface area contributed by atoms with E-state index in [1.54, 1.807) is 0 Å². The Morgan fingerprint density at radius 3 is 0.622 bits per heavy atom. The first-order chi connectivity index (χ1) is 61.4. The summed E-state index contributed by atoms with van der Waals surface area (Å²) in [6.45, 7) is 27.5. The molecule has 0 bridgehead atoms. The third-order valence-corrected chi connectivity index (χ3v) is 30.0. The molecule has 0 N–H and O–H groups in total. The van der Waals surface area contributed by atoms with Gasteiger partial charge in [-0.2, -0.15) is 70.0 Å². The Kier molecular flexibility index (Phi) is 17.9. The number of alkyl halides is 2. The molecule has 26 heteroatoms. The van der Waals surface area contributed by atoms with Gasteiger partial charge < -0.3 is 0 Å². The second kappa shape index (κ2) is 28.9. The molecule has 0 aliphatic heterocycles. The maximum Gasteiger partial charge on any atom is 0.113 e. The van der Waals surface area contributed by atoms with Crippen LogP contribution >= 0.6 is 117 Å². The molecule has 0 saturated heterocycles. The highest BCUT2D eigenvalue weighted by Gasteiger charge is 2.33. The Morgan fingerprint density at radius 2 is 0.386 bits per heavy atom. The van der Waals surface area contributed by atoms with E-state index in [0.29, 0.717) is 0 Å². The van der Waals surface area contributed by atoms with Gasteiger partial charge in [-0.05, 0) is 342 Å². The summed E-state index contributed by atoms with van der Waals surface area (Å²) < 4.78 is 76.5. The molecule has 0 aliphatic rings. The van der Waals surface area contributed by atoms with Crippen LogP contribution in [0.4, 0.5) is 0 Å². The second-order valence-electron chi connectivity index (χ2n) is 37.1. The number of halogens is 2. The lowest BCUT2D eigenvalue weighted by molar-refractivity contribution is 0.590. The van der Waals surface area contributed by atoms with Crippen LogP contribution in [0.5, 0.6) is 0 Å². The molecule has 127 heavy (non-hydrogen) atoms. The third kappa shape index (κ3) is 12.4. The molecule has 0 radical (unpaired) electrons. The minimum Gasteiger partial charge on any atom is -0.173 e. The SMILES string of the molecule is CC(C)(C)c1cc(-c2ccc3nsnc3c2)c(-c2cc3c4c(ccc5nsnc54)c4cc(C(C)(C)C)cc5c6ccc7nsnc7c6c(c2)c3c45)c(-c2ccc3nsnc3c2)c1.CC(C)(C)c1cc(-c2ccc3nsnc3c2)c(-c2cc3c4c(ccc5nsnc54)c4cc(C(C)(C)C)cc5c6ccc7nsnc7c6c(c2)c3c45)c(-c2ccc3nsnc3c2)c1.ClCCl. The number of rotatable bonds is 6. The van der Waals surface area contributed by atoms with Crippen LogP contribution in [0.25, 0.3) is 263 Å². The fourth-order valence-electron chi connectivity index (χ4n) is 19.3. The quantitative estimate of drug-likeness (QED) is 0.0862. The lowest BCUT2D eigenvalue weighted by Crippen LogP contribution is -2.12. The molecule has 18 aromatic carbocycles. The zero-order valence-corrected chi connectivity index (χ0v) is 78.4. The van der Waals surface area contributed by atoms with Crippen LogP contribution < -0.4 is 0 Å². The largest absolute Gasteiger partial charge is 0.173 e. The van der Waals surface area contributed by atoms with E-state index < -0.39 is 0 Å². The molecule has 0 atom stereocenters. The zero-order chi connectivity index (χ0) is 86.3. The first-order valence-corrected chi connectivity index (χ1v) is 48.5. The first kappa shape index (κ1) is 78.7. The molecule has 0 saturated carbocycles. The molecule has 26 aromatic rings. The number of nitrogens with zero attached hydrogens (tertiary/aromatic N) is 16. The molecule has 8 aromatic heterocycles. The van der Waals surface area contributed by atoms with Crippen molar-refractivity contribution in [2.24, 2.45) is 0 Å². The highest BCUT2D eigenvalue weighted by atomic mass is 35.5. The molecule has 8 heterocycles. The smallest absolute Gasteiger partial charge is 0.113 e. The van der Waals surface area contributed by atoms with Gasteiger partial charge in [0.25, 0.3) is 0 Å². The minimum absolute atomic E-state index is 0.0872. The lowest BCUT2D eigenvalue weighted by Gasteiger charge is -2.26. The highest BCUT2D eigenvalue weighted by Crippen LogP contribution is 2.57. The van der Waals surface area contributed by atoms with Crippen LogP contribution in [0, 0.1) is 0 Å². The maximum absolute atomic E-state index is 5.04. The van der Waals surface area contributed by atoms with Crippen LogP contribution in [0.2, 0.25) is 0 Å². The summed E-state index contributed by atoms with van der Waals surface area (Å²) in [6, 6.07) is 72.5. The van der Waals surface area contributed by atoms with Crippen molar-refractivity contribution in [3.63, 3.8) is 0 Å². The Bertz CT molecular complexity index is 8150. The molecular weight excluding hydrogens is 1760 g/mol. The van der Waals surface area contributed by atoms with Gasteiger partial charge >= 0.3 is 0 Å². The molecule has 26 rings (SSSR count). The molecular formula is C101H70Cl2N16S8. The van der Waals surface area contributed by atoms with E-state index in [9.17, 15) is 0 Å². The van der Waals surface area contributed by atoms with E-state index in [1.807, 2.05) is 0 Å². The fraction of sp³-hybridized carbons (Fsp3) is 0.168. The van der Waals surface area contributed by atoms with E-state index in [-0.39, 0.29) is 27.0 Å². The summed E-state index contributed by atoms with van der Waals surface area (Å²) in [7, 11) is 0. The van der Waals surface area contributed by atoms with Gasteiger partial charge in [-0.3, -0.25) is 0 Å². The van der Waals surface area contributed by atoms with Crippen LogP contribution in [-0.2, 0) is 21.7 Å². The molecule has 616 valence electrons. The maximum atomic E-state index is 5.04. The Labute approximate surface area is 769 Å². The van der Waals surface area contributed by atoms with Crippen LogP contribution in [0.1, 0.15) is 105 Å². The van der Waals surface area contributed by atoms with E-state index in [2.05, 4.69) is 295 Å². The molecule has 0 amide bonds. The Hall–Kier alpha value is -11.8. The van der Waals surface area contributed by atoms with E-state index in [4.69, 9.17) is 75.7 Å². The van der Waals surface area contributed by atoms with Gasteiger partial charge in [-0.15, -0.1) is 23.2 Å². The van der Waals surface area contributed by atoms with Crippen LogP contribution in [-0.4, -0.2) is 75.3 Å². The fourth-order valence-corrected chi connectivity index (χ4v) is 23.6. The van der Waals surface area contributed by atoms with Crippen molar-refractivity contribution in [2.45, 2.75) is 105 Å². The van der Waals surface area contributed by atoms with Crippen LogP contribution in [0.3, 0.4) is 0 Å². The van der Waals surface area contributed by atoms with Crippen molar-refractivity contribution >= 4 is 313 Å². The second-order valence-corrected chi connectivity index (χ2v) is 42.2. The standard InChI is InChI=1S/2C50H34N8S4.CH2Cl2/c2*1-49(2,3)26-19-30(23-7-11-36-40(17-23)55-59-51-36)42(31(20-26)24-8-12-37-41(18-24)56-60-52-37)25-15-34-44-35(16-25)46-29(10-14-39-48(46)58-62-54-39)33-22-27(50(4,5)6)21-32(43(33)44)28-9-13-38-47(45(28)34)57-61-53-38;2-1-3/h2*7-22H,1-6H3;1H2. The monoisotopic (exact) mass is 1830 g/mol. The predicted molar refractivity (Wildman–Crippen MR) is 542 cm³/mol. The third-order valence-electron chi connectivity index (χ3n) is 25.6. The van der Waals surface area contributed by atoms with Gasteiger partial charge in [0.1, 0.15) is 88.3 Å². The van der Waals surface area contributed by atoms with Gasteiger partial charge in [-0.25, -0.2) is 0 Å². The molecule has 16 nitrogen and oxygen atoms in total. The highest BCUT2D eigenvalue weighted by molar-refractivity contribution is 7.02. The zero-order valence-electron chi connectivity index (χ0n) is 70.4. The molecule has 0 unspecified atom stereocenters. The van der Waals surface area contributed by atoms with Gasteiger partial charge in [0.05, 0.1) is 99.2 Å². The first-order valence-electron chi connectivity index (χ1n) is 41.6. The molecule has 0 fully saturated rings. The Balaban J connectivity index is 0.000000138.